The number of nitrogens with zero attached hydrogens (tertiary/aromatic N) is 2. The van der Waals surface area contributed by atoms with Crippen LogP contribution in [0.2, 0.25) is 0 Å². The number of aromatic nitrogens is 2. The number of rotatable bonds is 7. The van der Waals surface area contributed by atoms with Crippen molar-refractivity contribution >= 4 is 28.7 Å². The van der Waals surface area contributed by atoms with Crippen molar-refractivity contribution in [2.24, 2.45) is 5.92 Å². The maximum absolute atomic E-state index is 14.1. The summed E-state index contributed by atoms with van der Waals surface area (Å²) in [5.74, 6) is -3.79. The van der Waals surface area contributed by atoms with Gasteiger partial charge in [0, 0.05) is 0 Å². The fourth-order valence-electron chi connectivity index (χ4n) is 3.43. The molecule has 0 aliphatic heterocycles. The van der Waals surface area contributed by atoms with E-state index in [-0.39, 0.29) is 23.5 Å². The van der Waals surface area contributed by atoms with Crippen LogP contribution in [-0.4, -0.2) is 32.6 Å². The van der Waals surface area contributed by atoms with Crippen LogP contribution in [0, 0.1) is 5.92 Å². The molecule has 0 saturated heterocycles. The van der Waals surface area contributed by atoms with Gasteiger partial charge in [-0.2, -0.15) is 35.1 Å². The lowest BCUT2D eigenvalue weighted by molar-refractivity contribution is -0.158. The Morgan fingerprint density at radius 3 is 2.30 bits per heavy atom. The van der Waals surface area contributed by atoms with Crippen LogP contribution in [0.5, 0.6) is 5.75 Å². The van der Waals surface area contributed by atoms with Crippen molar-refractivity contribution in [3.05, 3.63) is 41.5 Å². The van der Waals surface area contributed by atoms with E-state index in [1.807, 2.05) is 0 Å². The Hall–Kier alpha value is -2.89. The molecule has 3 aromatic rings. The first-order chi connectivity index (χ1) is 15.3. The predicted molar refractivity (Wildman–Crippen MR) is 109 cm³/mol. The van der Waals surface area contributed by atoms with Gasteiger partial charge in [-0.1, -0.05) is 19.9 Å². The molecule has 0 aliphatic carbocycles. The lowest BCUT2D eigenvalue weighted by atomic mass is 9.86. The number of benzene rings is 2. The van der Waals surface area contributed by atoms with Gasteiger partial charge in [0.05, 0.1) is 17.6 Å². The third kappa shape index (κ3) is 5.92. The van der Waals surface area contributed by atoms with E-state index in [9.17, 15) is 36.2 Å². The van der Waals surface area contributed by atoms with Crippen LogP contribution in [-0.2, 0) is 11.0 Å². The van der Waals surface area contributed by atoms with E-state index in [2.05, 4.69) is 13.5 Å². The second-order valence-corrected chi connectivity index (χ2v) is 8.36. The molecule has 1 aromatic heterocycles. The molecule has 3 rings (SSSR count). The maximum atomic E-state index is 14.1. The summed E-state index contributed by atoms with van der Waals surface area (Å²) in [7, 11) is 0. The number of hydrogen-bond acceptors (Lipinski definition) is 5. The highest BCUT2D eigenvalue weighted by Crippen LogP contribution is 2.46. The van der Waals surface area contributed by atoms with Gasteiger partial charge in [0.15, 0.2) is 6.61 Å². The smallest absolute Gasteiger partial charge is 0.422 e. The van der Waals surface area contributed by atoms with Crippen molar-refractivity contribution < 1.29 is 41.0 Å². The summed E-state index contributed by atoms with van der Waals surface area (Å²) in [6.07, 6.45) is -9.91. The van der Waals surface area contributed by atoms with Crippen LogP contribution in [0.25, 0.3) is 22.2 Å². The molecule has 12 heteroatoms. The molecule has 0 spiro atoms. The van der Waals surface area contributed by atoms with E-state index in [1.54, 1.807) is 13.8 Å². The van der Waals surface area contributed by atoms with Gasteiger partial charge in [0.2, 0.25) is 0 Å². The lowest BCUT2D eigenvalue weighted by Crippen LogP contribution is -2.22. The monoisotopic (exact) mass is 492 g/mol. The topological polar surface area (TPSA) is 72.3 Å². The zero-order valence-corrected chi connectivity index (χ0v) is 18.1. The molecule has 1 heterocycles. The zero-order chi connectivity index (χ0) is 24.6. The van der Waals surface area contributed by atoms with Crippen LogP contribution in [0.15, 0.2) is 30.3 Å². The van der Waals surface area contributed by atoms with Gasteiger partial charge in [-0.15, -0.1) is 0 Å². The summed E-state index contributed by atoms with van der Waals surface area (Å²) in [6.45, 7) is 1.49. The van der Waals surface area contributed by atoms with Gasteiger partial charge in [-0.25, -0.2) is 0 Å². The second-order valence-electron chi connectivity index (χ2n) is 7.83. The molecule has 0 amide bonds. The van der Waals surface area contributed by atoms with E-state index in [1.165, 1.54) is 18.2 Å². The van der Waals surface area contributed by atoms with Gasteiger partial charge in [0.25, 0.3) is 0 Å². The number of hydrogen-bond donors (Lipinski definition) is 1. The molecular formula is C21H18F6N2O3S. The molecule has 178 valence electrons. The van der Waals surface area contributed by atoms with Gasteiger partial charge >= 0.3 is 18.3 Å². The third-order valence-electron chi connectivity index (χ3n) is 4.77. The summed E-state index contributed by atoms with van der Waals surface area (Å²) in [6, 6.07) is 5.86. The van der Waals surface area contributed by atoms with Crippen molar-refractivity contribution in [1.29, 1.82) is 0 Å². The van der Waals surface area contributed by atoms with Crippen molar-refractivity contribution in [2.45, 2.75) is 38.5 Å². The standard InChI is InChI=1S/C21H18F6N2O3S/c1-10(2)5-14(19(30)31)12-6-13(11-3-4-15-16(7-11)29-33-28-15)18(21(25,26)27)17(8-12)32-9-20(22,23)24/h3-4,6-8,10,14H,5,9H2,1-2H3,(H,30,31)/t14-/m1/s1. The van der Waals surface area contributed by atoms with E-state index < -0.39 is 47.7 Å². The second kappa shape index (κ2) is 9.16. The van der Waals surface area contributed by atoms with Gasteiger partial charge in [-0.3, -0.25) is 4.79 Å². The molecule has 0 bridgehead atoms. The number of carboxylic acids is 1. The molecule has 1 atom stereocenters. The molecule has 0 saturated carbocycles. The Balaban J connectivity index is 2.29. The Bertz CT molecular complexity index is 1160. The number of alkyl halides is 6. The van der Waals surface area contributed by atoms with Crippen LogP contribution in [0.1, 0.15) is 37.3 Å². The minimum Gasteiger partial charge on any atom is -0.483 e. The molecule has 33 heavy (non-hydrogen) atoms. The van der Waals surface area contributed by atoms with E-state index >= 15 is 0 Å². The summed E-state index contributed by atoms with van der Waals surface area (Å²) in [4.78, 5) is 11.9. The molecule has 2 aromatic carbocycles. The molecule has 0 aliphatic rings. The number of fused-ring (bicyclic) bond motifs is 1. The largest absolute Gasteiger partial charge is 0.483 e. The fourth-order valence-corrected chi connectivity index (χ4v) is 3.95. The number of aliphatic carboxylic acids is 1. The highest BCUT2D eigenvalue weighted by atomic mass is 32.1. The molecular weight excluding hydrogens is 474 g/mol. The molecule has 5 nitrogen and oxygen atoms in total. The van der Waals surface area contributed by atoms with Crippen LogP contribution in [0.3, 0.4) is 0 Å². The summed E-state index contributed by atoms with van der Waals surface area (Å²) in [5, 5.41) is 9.67. The minimum absolute atomic E-state index is 0.00470. The number of halogens is 6. The molecule has 0 radical (unpaired) electrons. The van der Waals surface area contributed by atoms with Crippen molar-refractivity contribution in [3.63, 3.8) is 0 Å². The highest BCUT2D eigenvalue weighted by molar-refractivity contribution is 7.00. The third-order valence-corrected chi connectivity index (χ3v) is 5.33. The van der Waals surface area contributed by atoms with Crippen molar-refractivity contribution in [2.75, 3.05) is 6.61 Å². The molecule has 0 fully saturated rings. The van der Waals surface area contributed by atoms with Gasteiger partial charge in [0.1, 0.15) is 22.3 Å². The SMILES string of the molecule is CC(C)C[C@@H](C(=O)O)c1cc(OCC(F)(F)F)c(C(F)(F)F)c(-c2ccc3nsnc3c2)c1. The average Bonchev–Trinajstić information content (AvgIpc) is 3.16. The van der Waals surface area contributed by atoms with E-state index in [4.69, 9.17) is 0 Å². The van der Waals surface area contributed by atoms with Crippen molar-refractivity contribution in [1.82, 2.24) is 8.75 Å². The van der Waals surface area contributed by atoms with E-state index in [0.717, 1.165) is 23.9 Å². The first-order valence-electron chi connectivity index (χ1n) is 9.66. The number of carboxylic acid groups (broad SMARTS) is 1. The molecule has 0 unspecified atom stereocenters. The predicted octanol–water partition coefficient (Wildman–Crippen LogP) is 6.53. The summed E-state index contributed by atoms with van der Waals surface area (Å²) in [5.41, 5.74) is -1.28. The first-order valence-corrected chi connectivity index (χ1v) is 10.4. The summed E-state index contributed by atoms with van der Waals surface area (Å²) < 4.78 is 93.1. The lowest BCUT2D eigenvalue weighted by Gasteiger charge is -2.23. The van der Waals surface area contributed by atoms with Gasteiger partial charge < -0.3 is 9.84 Å². The van der Waals surface area contributed by atoms with Crippen LogP contribution >= 0.6 is 11.7 Å². The first kappa shape index (κ1) is 24.7. The average molecular weight is 492 g/mol. The zero-order valence-electron chi connectivity index (χ0n) is 17.3. The normalized spacial score (nSPS) is 13.5. The van der Waals surface area contributed by atoms with Gasteiger partial charge in [-0.05, 0) is 53.3 Å². The quantitative estimate of drug-likeness (QED) is 0.380. The van der Waals surface area contributed by atoms with E-state index in [0.29, 0.717) is 11.0 Å². The molecule has 1 N–H and O–H groups in total. The Morgan fingerprint density at radius 1 is 1.06 bits per heavy atom. The Labute approximate surface area is 188 Å². The van der Waals surface area contributed by atoms with Crippen molar-refractivity contribution in [3.8, 4) is 16.9 Å². The number of ether oxygens (including phenoxy) is 1. The number of carbonyl (C=O) groups is 1. The van der Waals surface area contributed by atoms with Crippen LogP contribution in [0.4, 0.5) is 26.3 Å². The van der Waals surface area contributed by atoms with Crippen LogP contribution < -0.4 is 4.74 Å². The highest BCUT2D eigenvalue weighted by Gasteiger charge is 2.40. The maximum Gasteiger partial charge on any atom is 0.422 e. The Kier molecular flexibility index (Phi) is 6.87. The Morgan fingerprint density at radius 2 is 1.73 bits per heavy atom. The minimum atomic E-state index is -5.08. The fraction of sp³-hybridized carbons (Fsp3) is 0.381. The summed E-state index contributed by atoms with van der Waals surface area (Å²) >= 11 is 0.850.